The van der Waals surface area contributed by atoms with E-state index in [1.54, 1.807) is 0 Å². The van der Waals surface area contributed by atoms with Crippen LogP contribution >= 0.6 is 31.9 Å². The number of rotatable bonds is 4. The van der Waals surface area contributed by atoms with Crippen molar-refractivity contribution in [3.05, 3.63) is 33.8 Å². The van der Waals surface area contributed by atoms with Crippen LogP contribution in [0.25, 0.3) is 0 Å². The molecule has 16 heavy (non-hydrogen) atoms. The first kappa shape index (κ1) is 13.7. The molecule has 0 bridgehead atoms. The lowest BCUT2D eigenvalue weighted by Gasteiger charge is -2.09. The molecule has 1 atom stereocenters. The van der Waals surface area contributed by atoms with Crippen LogP contribution in [0.4, 0.5) is 0 Å². The highest BCUT2D eigenvalue weighted by atomic mass is 79.9. The molecule has 0 aliphatic carbocycles. The average Bonchev–Trinajstić information content (AvgIpc) is 2.21. The van der Waals surface area contributed by atoms with Gasteiger partial charge < -0.3 is 5.32 Å². The summed E-state index contributed by atoms with van der Waals surface area (Å²) in [4.78, 5) is 12.3. The summed E-state index contributed by atoms with van der Waals surface area (Å²) < 4.78 is 0.967. The van der Waals surface area contributed by atoms with Crippen molar-refractivity contribution < 1.29 is 4.79 Å². The van der Waals surface area contributed by atoms with Crippen LogP contribution < -0.4 is 5.32 Å². The van der Waals surface area contributed by atoms with Gasteiger partial charge in [-0.15, -0.1) is 0 Å². The van der Waals surface area contributed by atoms with E-state index in [1.165, 1.54) is 0 Å². The first-order valence-corrected chi connectivity index (χ1v) is 6.90. The highest BCUT2D eigenvalue weighted by molar-refractivity contribution is 9.10. The molecule has 0 aliphatic heterocycles. The predicted molar refractivity (Wildman–Crippen MR) is 74.2 cm³/mol. The van der Waals surface area contributed by atoms with Crippen molar-refractivity contribution in [3.63, 3.8) is 0 Å². The Morgan fingerprint density at radius 2 is 2.19 bits per heavy atom. The number of nitrogens with one attached hydrogen (secondary N) is 1. The van der Waals surface area contributed by atoms with Crippen molar-refractivity contribution in [1.82, 2.24) is 5.32 Å². The molecule has 1 amide bonds. The van der Waals surface area contributed by atoms with Gasteiger partial charge >= 0.3 is 0 Å². The van der Waals surface area contributed by atoms with Gasteiger partial charge in [0, 0.05) is 21.4 Å². The third-order valence-corrected chi connectivity index (χ3v) is 3.66. The Balaban J connectivity index is 2.63. The number of amides is 1. The van der Waals surface area contributed by atoms with E-state index in [-0.39, 0.29) is 5.91 Å². The van der Waals surface area contributed by atoms with Gasteiger partial charge in [-0.2, -0.15) is 0 Å². The molecule has 0 fully saturated rings. The maximum absolute atomic E-state index is 11.9. The zero-order chi connectivity index (χ0) is 12.1. The van der Waals surface area contributed by atoms with Gasteiger partial charge in [-0.05, 0) is 31.0 Å². The lowest BCUT2D eigenvalue weighted by atomic mass is 10.1. The fourth-order valence-electron chi connectivity index (χ4n) is 1.33. The van der Waals surface area contributed by atoms with E-state index in [2.05, 4.69) is 44.1 Å². The van der Waals surface area contributed by atoms with Crippen molar-refractivity contribution in [2.75, 3.05) is 6.54 Å². The molecule has 0 saturated heterocycles. The summed E-state index contributed by atoms with van der Waals surface area (Å²) in [6.07, 6.45) is 0.929. The molecule has 4 heteroatoms. The van der Waals surface area contributed by atoms with Crippen molar-refractivity contribution >= 4 is 37.8 Å². The second-order valence-electron chi connectivity index (χ2n) is 3.74. The minimum Gasteiger partial charge on any atom is -0.352 e. The number of hydrogen-bond acceptors (Lipinski definition) is 1. The van der Waals surface area contributed by atoms with Crippen LogP contribution in [0.15, 0.2) is 22.7 Å². The van der Waals surface area contributed by atoms with Gasteiger partial charge in [0.1, 0.15) is 0 Å². The Morgan fingerprint density at radius 1 is 1.50 bits per heavy atom. The average molecular weight is 349 g/mol. The third kappa shape index (κ3) is 3.91. The summed E-state index contributed by atoms with van der Waals surface area (Å²) in [6.45, 7) is 4.69. The fourth-order valence-corrected chi connectivity index (χ4v) is 1.93. The molecule has 1 aromatic rings. The van der Waals surface area contributed by atoms with Crippen LogP contribution in [-0.4, -0.2) is 17.3 Å². The standard InChI is InChI=1S/C12H15Br2NO/c1-8(13)6-7-15-12(16)10-4-3-5-11(14)9(10)2/h3-5,8H,6-7H2,1-2H3,(H,15,16). The summed E-state index contributed by atoms with van der Waals surface area (Å²) >= 11 is 6.87. The Bertz CT molecular complexity index is 377. The number of carbonyl (C=O) groups excluding carboxylic acids is 1. The van der Waals surface area contributed by atoms with Crippen molar-refractivity contribution in [2.45, 2.75) is 25.1 Å². The zero-order valence-electron chi connectivity index (χ0n) is 9.39. The monoisotopic (exact) mass is 347 g/mol. The highest BCUT2D eigenvalue weighted by Gasteiger charge is 2.10. The number of alkyl halides is 1. The molecule has 1 unspecified atom stereocenters. The molecular weight excluding hydrogens is 334 g/mol. The molecule has 0 heterocycles. The lowest BCUT2D eigenvalue weighted by Crippen LogP contribution is -2.26. The smallest absolute Gasteiger partial charge is 0.251 e. The quantitative estimate of drug-likeness (QED) is 0.826. The van der Waals surface area contributed by atoms with Crippen LogP contribution in [0.5, 0.6) is 0 Å². The second-order valence-corrected chi connectivity index (χ2v) is 6.16. The summed E-state index contributed by atoms with van der Waals surface area (Å²) in [6, 6.07) is 5.65. The topological polar surface area (TPSA) is 29.1 Å². The summed E-state index contributed by atoms with van der Waals surface area (Å²) in [5.41, 5.74) is 1.71. The summed E-state index contributed by atoms with van der Waals surface area (Å²) in [7, 11) is 0. The number of benzene rings is 1. The molecule has 0 aliphatic rings. The normalized spacial score (nSPS) is 12.2. The Kier molecular flexibility index (Phi) is 5.49. The lowest BCUT2D eigenvalue weighted by molar-refractivity contribution is 0.0952. The summed E-state index contributed by atoms with van der Waals surface area (Å²) in [5, 5.41) is 2.91. The molecule has 88 valence electrons. The molecular formula is C12H15Br2NO. The molecule has 0 spiro atoms. The van der Waals surface area contributed by atoms with Gasteiger partial charge in [0.15, 0.2) is 0 Å². The third-order valence-electron chi connectivity index (χ3n) is 2.34. The van der Waals surface area contributed by atoms with Crippen LogP contribution in [0.2, 0.25) is 0 Å². The first-order chi connectivity index (χ1) is 7.52. The van der Waals surface area contributed by atoms with Crippen LogP contribution in [0, 0.1) is 6.92 Å². The highest BCUT2D eigenvalue weighted by Crippen LogP contribution is 2.19. The summed E-state index contributed by atoms with van der Waals surface area (Å²) in [5.74, 6) is -0.00745. The Morgan fingerprint density at radius 3 is 2.81 bits per heavy atom. The molecule has 0 saturated carbocycles. The second kappa shape index (κ2) is 6.40. The molecule has 1 aromatic carbocycles. The van der Waals surface area contributed by atoms with Crippen molar-refractivity contribution in [1.29, 1.82) is 0 Å². The van der Waals surface area contributed by atoms with E-state index in [0.29, 0.717) is 11.4 Å². The van der Waals surface area contributed by atoms with Gasteiger partial charge in [-0.25, -0.2) is 0 Å². The van der Waals surface area contributed by atoms with E-state index in [4.69, 9.17) is 0 Å². The van der Waals surface area contributed by atoms with Crippen molar-refractivity contribution in [3.8, 4) is 0 Å². The molecule has 2 nitrogen and oxygen atoms in total. The molecule has 0 aromatic heterocycles. The molecule has 1 N–H and O–H groups in total. The van der Waals surface area contributed by atoms with Crippen LogP contribution in [-0.2, 0) is 0 Å². The number of halogens is 2. The Hall–Kier alpha value is -0.350. The van der Waals surface area contributed by atoms with Gasteiger partial charge in [-0.1, -0.05) is 44.8 Å². The van der Waals surface area contributed by atoms with E-state index in [1.807, 2.05) is 25.1 Å². The van der Waals surface area contributed by atoms with E-state index < -0.39 is 0 Å². The van der Waals surface area contributed by atoms with E-state index in [0.717, 1.165) is 22.0 Å². The van der Waals surface area contributed by atoms with Gasteiger partial charge in [0.25, 0.3) is 5.91 Å². The zero-order valence-corrected chi connectivity index (χ0v) is 12.6. The first-order valence-electron chi connectivity index (χ1n) is 5.19. The van der Waals surface area contributed by atoms with Gasteiger partial charge in [-0.3, -0.25) is 4.79 Å². The Labute approximate surface area is 113 Å². The number of hydrogen-bond donors (Lipinski definition) is 1. The van der Waals surface area contributed by atoms with E-state index >= 15 is 0 Å². The maximum Gasteiger partial charge on any atom is 0.251 e. The van der Waals surface area contributed by atoms with Crippen LogP contribution in [0.3, 0.4) is 0 Å². The largest absolute Gasteiger partial charge is 0.352 e. The molecule has 0 radical (unpaired) electrons. The molecule has 1 rings (SSSR count). The minimum absolute atomic E-state index is 0.00745. The van der Waals surface area contributed by atoms with Crippen LogP contribution in [0.1, 0.15) is 29.3 Å². The fraction of sp³-hybridized carbons (Fsp3) is 0.417. The number of carbonyl (C=O) groups is 1. The SMILES string of the molecule is Cc1c(Br)cccc1C(=O)NCCC(C)Br. The minimum atomic E-state index is -0.00745. The predicted octanol–water partition coefficient (Wildman–Crippen LogP) is 3.66. The van der Waals surface area contributed by atoms with Gasteiger partial charge in [0.2, 0.25) is 0 Å². The van der Waals surface area contributed by atoms with Gasteiger partial charge in [0.05, 0.1) is 0 Å². The van der Waals surface area contributed by atoms with Crippen molar-refractivity contribution in [2.24, 2.45) is 0 Å². The maximum atomic E-state index is 11.9. The van der Waals surface area contributed by atoms with E-state index in [9.17, 15) is 4.79 Å².